The van der Waals surface area contributed by atoms with E-state index in [0.717, 1.165) is 0 Å². The number of hydrogen-bond acceptors (Lipinski definition) is 5. The maximum atomic E-state index is 12.0. The fourth-order valence-corrected chi connectivity index (χ4v) is 2.57. The molecule has 0 radical (unpaired) electrons. The van der Waals surface area contributed by atoms with Crippen molar-refractivity contribution < 1.29 is 13.2 Å². The topological polar surface area (TPSA) is 105 Å². The van der Waals surface area contributed by atoms with Crippen molar-refractivity contribution in [1.29, 1.82) is 5.26 Å². The van der Waals surface area contributed by atoms with Gasteiger partial charge in [-0.25, -0.2) is 13.1 Å². The van der Waals surface area contributed by atoms with Gasteiger partial charge in [-0.1, -0.05) is 0 Å². The number of anilines is 1. The van der Waals surface area contributed by atoms with E-state index in [1.165, 1.54) is 18.2 Å². The second-order valence-electron chi connectivity index (χ2n) is 4.18. The molecule has 0 bridgehead atoms. The van der Waals surface area contributed by atoms with Gasteiger partial charge in [-0.05, 0) is 32.0 Å². The highest BCUT2D eigenvalue weighted by atomic mass is 32.2. The Balaban J connectivity index is 2.81. The molecular formula is C12H17N3O3S. The van der Waals surface area contributed by atoms with Gasteiger partial charge in [0.25, 0.3) is 0 Å². The van der Waals surface area contributed by atoms with Crippen LogP contribution in [0.15, 0.2) is 23.1 Å². The van der Waals surface area contributed by atoms with E-state index in [1.54, 1.807) is 0 Å². The standard InChI is InChI=1S/C12H17N3O3S/c1-9(2)18-6-5-15-19(16,17)12-4-3-11(14)7-10(12)8-13/h3-4,7,9,15H,5-6,14H2,1-2H3. The molecule has 0 amide bonds. The fourth-order valence-electron chi connectivity index (χ4n) is 1.42. The van der Waals surface area contributed by atoms with Crippen molar-refractivity contribution in [3.8, 4) is 6.07 Å². The van der Waals surface area contributed by atoms with Gasteiger partial charge in [-0.3, -0.25) is 0 Å². The Morgan fingerprint density at radius 1 is 1.47 bits per heavy atom. The van der Waals surface area contributed by atoms with Crippen molar-refractivity contribution in [2.24, 2.45) is 0 Å². The van der Waals surface area contributed by atoms with Gasteiger partial charge in [0.05, 0.1) is 23.2 Å². The van der Waals surface area contributed by atoms with Crippen LogP contribution in [-0.2, 0) is 14.8 Å². The first-order chi connectivity index (χ1) is 8.86. The highest BCUT2D eigenvalue weighted by Gasteiger charge is 2.18. The number of nitrogens with zero attached hydrogens (tertiary/aromatic N) is 1. The molecule has 0 unspecified atom stereocenters. The number of hydrogen-bond donors (Lipinski definition) is 2. The van der Waals surface area contributed by atoms with E-state index in [0.29, 0.717) is 5.69 Å². The number of benzene rings is 1. The molecular weight excluding hydrogens is 266 g/mol. The molecule has 0 saturated carbocycles. The first kappa shape index (κ1) is 15.4. The minimum atomic E-state index is -3.73. The maximum absolute atomic E-state index is 12.0. The molecule has 0 fully saturated rings. The minimum Gasteiger partial charge on any atom is -0.399 e. The second kappa shape index (κ2) is 6.52. The number of rotatable bonds is 6. The molecule has 6 nitrogen and oxygen atoms in total. The van der Waals surface area contributed by atoms with Crippen LogP contribution in [0.2, 0.25) is 0 Å². The summed E-state index contributed by atoms with van der Waals surface area (Å²) in [7, 11) is -3.73. The molecule has 1 aromatic carbocycles. The minimum absolute atomic E-state index is 0.0253. The molecule has 0 spiro atoms. The highest BCUT2D eigenvalue weighted by molar-refractivity contribution is 7.89. The molecule has 7 heteroatoms. The van der Waals surface area contributed by atoms with Crippen molar-refractivity contribution in [1.82, 2.24) is 4.72 Å². The van der Waals surface area contributed by atoms with Crippen LogP contribution in [-0.4, -0.2) is 27.7 Å². The third-order valence-electron chi connectivity index (χ3n) is 2.26. The first-order valence-corrected chi connectivity index (χ1v) is 7.26. The number of nitrogens with one attached hydrogen (secondary N) is 1. The van der Waals surface area contributed by atoms with Gasteiger partial charge in [0.2, 0.25) is 10.0 Å². The molecule has 104 valence electrons. The molecule has 0 atom stereocenters. The summed E-state index contributed by atoms with van der Waals surface area (Å²) < 4.78 is 31.6. The predicted octanol–water partition coefficient (Wildman–Crippen LogP) is 0.844. The molecule has 19 heavy (non-hydrogen) atoms. The average Bonchev–Trinajstić information content (AvgIpc) is 2.34. The van der Waals surface area contributed by atoms with Crippen LogP contribution in [0.1, 0.15) is 19.4 Å². The van der Waals surface area contributed by atoms with Crippen LogP contribution >= 0.6 is 0 Å². The van der Waals surface area contributed by atoms with E-state index >= 15 is 0 Å². The first-order valence-electron chi connectivity index (χ1n) is 5.77. The lowest BCUT2D eigenvalue weighted by atomic mass is 10.2. The van der Waals surface area contributed by atoms with Gasteiger partial charge < -0.3 is 10.5 Å². The SMILES string of the molecule is CC(C)OCCNS(=O)(=O)c1ccc(N)cc1C#N. The van der Waals surface area contributed by atoms with E-state index < -0.39 is 10.0 Å². The quantitative estimate of drug-likeness (QED) is 0.594. The lowest BCUT2D eigenvalue weighted by Crippen LogP contribution is -2.28. The lowest BCUT2D eigenvalue weighted by Gasteiger charge is -2.10. The number of nitriles is 1. The zero-order chi connectivity index (χ0) is 14.5. The number of nitrogens with two attached hydrogens (primary N) is 1. The molecule has 1 rings (SSSR count). The van der Waals surface area contributed by atoms with Gasteiger partial charge in [0.15, 0.2) is 0 Å². The summed E-state index contributed by atoms with van der Waals surface area (Å²) >= 11 is 0. The van der Waals surface area contributed by atoms with Gasteiger partial charge >= 0.3 is 0 Å². The molecule has 0 aliphatic heterocycles. The van der Waals surface area contributed by atoms with E-state index in [9.17, 15) is 8.42 Å². The van der Waals surface area contributed by atoms with E-state index in [4.69, 9.17) is 15.7 Å². The summed E-state index contributed by atoms with van der Waals surface area (Å²) in [5.41, 5.74) is 5.89. The zero-order valence-electron chi connectivity index (χ0n) is 10.9. The third-order valence-corrected chi connectivity index (χ3v) is 3.78. The smallest absolute Gasteiger partial charge is 0.241 e. The van der Waals surface area contributed by atoms with Gasteiger partial charge in [0, 0.05) is 12.2 Å². The third kappa shape index (κ3) is 4.52. The van der Waals surface area contributed by atoms with Crippen molar-refractivity contribution in [2.45, 2.75) is 24.8 Å². The van der Waals surface area contributed by atoms with Crippen LogP contribution in [0.3, 0.4) is 0 Å². The molecule has 0 aliphatic carbocycles. The fraction of sp³-hybridized carbons (Fsp3) is 0.417. The Bertz CT molecular complexity index is 576. The number of nitrogen functional groups attached to an aromatic ring is 1. The summed E-state index contributed by atoms with van der Waals surface area (Å²) in [5, 5.41) is 8.93. The van der Waals surface area contributed by atoms with Crippen molar-refractivity contribution in [3.63, 3.8) is 0 Å². The average molecular weight is 283 g/mol. The molecule has 0 heterocycles. The van der Waals surface area contributed by atoms with Crippen LogP contribution < -0.4 is 10.5 Å². The summed E-state index contributed by atoms with van der Waals surface area (Å²) in [5.74, 6) is 0. The van der Waals surface area contributed by atoms with E-state index in [2.05, 4.69) is 4.72 Å². The normalized spacial score (nSPS) is 11.5. The summed E-state index contributed by atoms with van der Waals surface area (Å²) in [6.45, 7) is 4.15. The van der Waals surface area contributed by atoms with Gasteiger partial charge in [-0.15, -0.1) is 0 Å². The highest BCUT2D eigenvalue weighted by Crippen LogP contribution is 2.17. The van der Waals surface area contributed by atoms with E-state index in [1.807, 2.05) is 19.9 Å². The van der Waals surface area contributed by atoms with E-state index in [-0.39, 0.29) is 29.7 Å². The molecule has 1 aromatic rings. The lowest BCUT2D eigenvalue weighted by molar-refractivity contribution is 0.0834. The Morgan fingerprint density at radius 3 is 2.74 bits per heavy atom. The monoisotopic (exact) mass is 283 g/mol. The van der Waals surface area contributed by atoms with Gasteiger partial charge in [-0.2, -0.15) is 5.26 Å². The Hall–Kier alpha value is -1.62. The van der Waals surface area contributed by atoms with Crippen molar-refractivity contribution in [3.05, 3.63) is 23.8 Å². The van der Waals surface area contributed by atoms with Crippen molar-refractivity contribution >= 4 is 15.7 Å². The Morgan fingerprint density at radius 2 is 2.16 bits per heavy atom. The maximum Gasteiger partial charge on any atom is 0.241 e. The number of ether oxygens (including phenoxy) is 1. The second-order valence-corrected chi connectivity index (χ2v) is 5.92. The molecule has 0 aliphatic rings. The van der Waals surface area contributed by atoms with Crippen LogP contribution in [0.5, 0.6) is 0 Å². The Labute approximate surface area is 113 Å². The summed E-state index contributed by atoms with van der Waals surface area (Å²) in [6.07, 6.45) is 0.0377. The van der Waals surface area contributed by atoms with Crippen LogP contribution in [0.25, 0.3) is 0 Å². The van der Waals surface area contributed by atoms with Crippen LogP contribution in [0.4, 0.5) is 5.69 Å². The van der Waals surface area contributed by atoms with Crippen molar-refractivity contribution in [2.75, 3.05) is 18.9 Å². The zero-order valence-corrected chi connectivity index (χ0v) is 11.7. The van der Waals surface area contributed by atoms with Crippen LogP contribution in [0, 0.1) is 11.3 Å². The predicted molar refractivity (Wildman–Crippen MR) is 71.8 cm³/mol. The molecule has 0 aromatic heterocycles. The van der Waals surface area contributed by atoms with Gasteiger partial charge in [0.1, 0.15) is 6.07 Å². The summed E-state index contributed by atoms with van der Waals surface area (Å²) in [6, 6.07) is 5.92. The molecule has 3 N–H and O–H groups in total. The summed E-state index contributed by atoms with van der Waals surface area (Å²) in [4.78, 5) is -0.0752. The Kier molecular flexibility index (Phi) is 5.30. The number of sulfonamides is 1. The molecule has 0 saturated heterocycles. The largest absolute Gasteiger partial charge is 0.399 e.